The molecule has 0 aromatic heterocycles. The molecule has 6 heteroatoms. The Hall–Kier alpha value is -3.15. The van der Waals surface area contributed by atoms with E-state index in [1.807, 2.05) is 18.2 Å². The molecule has 2 amide bonds. The third-order valence-corrected chi connectivity index (χ3v) is 5.25. The maximum Gasteiger partial charge on any atom is 0.306 e. The zero-order valence-electron chi connectivity index (χ0n) is 18.3. The Morgan fingerprint density at radius 3 is 2.13 bits per heavy atom. The van der Waals surface area contributed by atoms with E-state index in [9.17, 15) is 19.5 Å². The van der Waals surface area contributed by atoms with Gasteiger partial charge in [-0.1, -0.05) is 62.7 Å². The predicted molar refractivity (Wildman–Crippen MR) is 122 cm³/mol. The van der Waals surface area contributed by atoms with Crippen molar-refractivity contribution < 1.29 is 19.5 Å². The van der Waals surface area contributed by atoms with Gasteiger partial charge in [0, 0.05) is 11.6 Å². The first kappa shape index (κ1) is 24.1. The van der Waals surface area contributed by atoms with Crippen LogP contribution in [-0.2, 0) is 27.2 Å². The summed E-state index contributed by atoms with van der Waals surface area (Å²) >= 11 is 0. The Bertz CT molecular complexity index is 850. The molecule has 0 fully saturated rings. The van der Waals surface area contributed by atoms with Crippen LogP contribution in [0, 0.1) is 11.8 Å². The highest BCUT2D eigenvalue weighted by atomic mass is 16.4. The van der Waals surface area contributed by atoms with E-state index in [4.69, 9.17) is 0 Å². The summed E-state index contributed by atoms with van der Waals surface area (Å²) in [5.74, 6) is -2.66. The molecule has 0 saturated carbocycles. The van der Waals surface area contributed by atoms with Gasteiger partial charge >= 0.3 is 5.97 Å². The number of rotatable bonds is 12. The smallest absolute Gasteiger partial charge is 0.306 e. The molecule has 0 unspecified atom stereocenters. The summed E-state index contributed by atoms with van der Waals surface area (Å²) in [5.41, 5.74) is 3.05. The van der Waals surface area contributed by atoms with Gasteiger partial charge in [-0.15, -0.1) is 0 Å². The summed E-state index contributed by atoms with van der Waals surface area (Å²) in [6.07, 6.45) is 3.55. The lowest BCUT2D eigenvalue weighted by atomic mass is 9.89. The van der Waals surface area contributed by atoms with Crippen LogP contribution >= 0.6 is 0 Å². The molecule has 0 aliphatic rings. The molecule has 0 saturated heterocycles. The number of anilines is 1. The van der Waals surface area contributed by atoms with Crippen LogP contribution in [0.5, 0.6) is 0 Å². The summed E-state index contributed by atoms with van der Waals surface area (Å²) in [5, 5.41) is 14.7. The second-order valence-electron chi connectivity index (χ2n) is 7.91. The van der Waals surface area contributed by atoms with Crippen molar-refractivity contribution in [3.63, 3.8) is 0 Å². The third kappa shape index (κ3) is 8.62. The van der Waals surface area contributed by atoms with E-state index in [0.29, 0.717) is 18.5 Å². The van der Waals surface area contributed by atoms with Crippen molar-refractivity contribution in [3.05, 3.63) is 65.7 Å². The third-order valence-electron chi connectivity index (χ3n) is 5.25. The van der Waals surface area contributed by atoms with Crippen LogP contribution in [0.1, 0.15) is 44.2 Å². The topological polar surface area (TPSA) is 95.5 Å². The average molecular weight is 425 g/mol. The van der Waals surface area contributed by atoms with Gasteiger partial charge in [-0.25, -0.2) is 0 Å². The lowest BCUT2D eigenvalue weighted by molar-refractivity contribution is -0.142. The standard InChI is InChI=1S/C25H32N2O4/c1-3-7-19-10-12-20(13-11-19)14-15-21(16-18(2)25(30)31)24(29)26-17-23(28)27-22-8-5-4-6-9-22/h4-6,8-13,18,21H,3,7,14-17H2,1-2H3,(H,26,29)(H,27,28)(H,30,31)/t18-,21-/m0/s1. The Morgan fingerprint density at radius 1 is 0.935 bits per heavy atom. The molecular formula is C25H32N2O4. The number of carbonyl (C=O) groups is 3. The number of aliphatic carboxylic acids is 1. The molecule has 2 aromatic rings. The molecular weight excluding hydrogens is 392 g/mol. The first-order valence-electron chi connectivity index (χ1n) is 10.8. The van der Waals surface area contributed by atoms with Gasteiger partial charge in [0.1, 0.15) is 0 Å². The van der Waals surface area contributed by atoms with Crippen LogP contribution in [0.2, 0.25) is 0 Å². The highest BCUT2D eigenvalue weighted by molar-refractivity contribution is 5.94. The molecule has 6 nitrogen and oxygen atoms in total. The molecule has 31 heavy (non-hydrogen) atoms. The number of carbonyl (C=O) groups excluding carboxylic acids is 2. The monoisotopic (exact) mass is 424 g/mol. The van der Waals surface area contributed by atoms with Crippen LogP contribution in [0.4, 0.5) is 5.69 Å². The fourth-order valence-electron chi connectivity index (χ4n) is 3.42. The summed E-state index contributed by atoms with van der Waals surface area (Å²) < 4.78 is 0. The maximum absolute atomic E-state index is 12.7. The molecule has 0 radical (unpaired) electrons. The minimum Gasteiger partial charge on any atom is -0.481 e. The van der Waals surface area contributed by atoms with Crippen LogP contribution < -0.4 is 10.6 Å². The normalized spacial score (nSPS) is 12.6. The van der Waals surface area contributed by atoms with Crippen LogP contribution in [0.15, 0.2) is 54.6 Å². The quantitative estimate of drug-likeness (QED) is 0.479. The van der Waals surface area contributed by atoms with E-state index in [2.05, 4.69) is 41.8 Å². The number of aryl methyl sites for hydroxylation is 2. The zero-order valence-corrected chi connectivity index (χ0v) is 18.3. The highest BCUT2D eigenvalue weighted by Crippen LogP contribution is 2.20. The number of hydrogen-bond acceptors (Lipinski definition) is 3. The Balaban J connectivity index is 1.93. The van der Waals surface area contributed by atoms with Gasteiger partial charge in [-0.05, 0) is 48.9 Å². The van der Waals surface area contributed by atoms with Gasteiger partial charge in [0.2, 0.25) is 11.8 Å². The number of nitrogens with one attached hydrogen (secondary N) is 2. The molecule has 0 aliphatic carbocycles. The first-order valence-corrected chi connectivity index (χ1v) is 10.8. The summed E-state index contributed by atoms with van der Waals surface area (Å²) in [7, 11) is 0. The van der Waals surface area contributed by atoms with Gasteiger partial charge < -0.3 is 15.7 Å². The molecule has 0 spiro atoms. The SMILES string of the molecule is CCCc1ccc(CC[C@@H](C[C@H](C)C(=O)O)C(=O)NCC(=O)Nc2ccccc2)cc1. The zero-order chi connectivity index (χ0) is 22.6. The minimum atomic E-state index is -0.927. The molecule has 0 aliphatic heterocycles. The van der Waals surface area contributed by atoms with E-state index in [0.717, 1.165) is 18.4 Å². The maximum atomic E-state index is 12.7. The summed E-state index contributed by atoms with van der Waals surface area (Å²) in [4.78, 5) is 36.2. The number of hydrogen-bond donors (Lipinski definition) is 3. The molecule has 2 aromatic carbocycles. The van der Waals surface area contributed by atoms with Crippen LogP contribution in [-0.4, -0.2) is 29.4 Å². The lowest BCUT2D eigenvalue weighted by Gasteiger charge is -2.19. The van der Waals surface area contributed by atoms with E-state index < -0.39 is 17.8 Å². The van der Waals surface area contributed by atoms with E-state index >= 15 is 0 Å². The van der Waals surface area contributed by atoms with Crippen LogP contribution in [0.3, 0.4) is 0 Å². The minimum absolute atomic E-state index is 0.155. The molecule has 2 rings (SSSR count). The van der Waals surface area contributed by atoms with Crippen molar-refractivity contribution in [1.82, 2.24) is 5.32 Å². The van der Waals surface area contributed by atoms with Crippen molar-refractivity contribution in [3.8, 4) is 0 Å². The highest BCUT2D eigenvalue weighted by Gasteiger charge is 2.24. The van der Waals surface area contributed by atoms with Gasteiger partial charge in [0.15, 0.2) is 0 Å². The van der Waals surface area contributed by atoms with Crippen molar-refractivity contribution in [1.29, 1.82) is 0 Å². The summed E-state index contributed by atoms with van der Waals surface area (Å²) in [6.45, 7) is 3.59. The molecule has 0 bridgehead atoms. The predicted octanol–water partition coefficient (Wildman–Crippen LogP) is 4.05. The fraction of sp³-hybridized carbons (Fsp3) is 0.400. The molecule has 166 valence electrons. The number of para-hydroxylation sites is 1. The Kier molecular flexibility index (Phi) is 9.75. The fourth-order valence-corrected chi connectivity index (χ4v) is 3.42. The summed E-state index contributed by atoms with van der Waals surface area (Å²) in [6, 6.07) is 17.3. The van der Waals surface area contributed by atoms with Gasteiger partial charge in [0.25, 0.3) is 0 Å². The number of carboxylic acids is 1. The Morgan fingerprint density at radius 2 is 1.55 bits per heavy atom. The van der Waals surface area contributed by atoms with E-state index in [-0.39, 0.29) is 24.8 Å². The van der Waals surface area contributed by atoms with Gasteiger partial charge in [-0.2, -0.15) is 0 Å². The number of amides is 2. The first-order chi connectivity index (χ1) is 14.9. The average Bonchev–Trinajstić information content (AvgIpc) is 2.76. The second-order valence-corrected chi connectivity index (χ2v) is 7.91. The van der Waals surface area contributed by atoms with Crippen molar-refractivity contribution >= 4 is 23.5 Å². The number of carboxylic acid groups (broad SMARTS) is 1. The van der Waals surface area contributed by atoms with Crippen molar-refractivity contribution in [2.45, 2.75) is 46.0 Å². The molecule has 0 heterocycles. The van der Waals surface area contributed by atoms with E-state index in [1.54, 1.807) is 19.1 Å². The van der Waals surface area contributed by atoms with Gasteiger partial charge in [0.05, 0.1) is 12.5 Å². The van der Waals surface area contributed by atoms with Crippen molar-refractivity contribution in [2.24, 2.45) is 11.8 Å². The molecule has 3 N–H and O–H groups in total. The molecule has 2 atom stereocenters. The Labute approximate surface area is 184 Å². The second kappa shape index (κ2) is 12.5. The largest absolute Gasteiger partial charge is 0.481 e. The van der Waals surface area contributed by atoms with Crippen LogP contribution in [0.25, 0.3) is 0 Å². The lowest BCUT2D eigenvalue weighted by Crippen LogP contribution is -2.38. The van der Waals surface area contributed by atoms with Crippen molar-refractivity contribution in [2.75, 3.05) is 11.9 Å². The van der Waals surface area contributed by atoms with E-state index in [1.165, 1.54) is 5.56 Å². The van der Waals surface area contributed by atoms with Gasteiger partial charge in [-0.3, -0.25) is 14.4 Å². The number of benzene rings is 2.